The molecule has 5 heteroatoms. The van der Waals surface area contributed by atoms with Crippen molar-refractivity contribution in [1.29, 1.82) is 0 Å². The topological polar surface area (TPSA) is 46.9 Å². The zero-order chi connectivity index (χ0) is 12.1. The summed E-state index contributed by atoms with van der Waals surface area (Å²) in [6, 6.07) is 0.293. The van der Waals surface area contributed by atoms with E-state index in [4.69, 9.17) is 11.6 Å². The number of aromatic nitrogens is 2. The number of hydrogen-bond donors (Lipinski definition) is 1. The summed E-state index contributed by atoms with van der Waals surface area (Å²) in [5, 5.41) is 7.45. The van der Waals surface area contributed by atoms with Crippen LogP contribution in [0.4, 0.5) is 5.69 Å². The summed E-state index contributed by atoms with van der Waals surface area (Å²) in [6.07, 6.45) is 3.73. The molecule has 0 fully saturated rings. The normalized spacial score (nSPS) is 12.5. The molecule has 0 radical (unpaired) electrons. The molecule has 0 aliphatic carbocycles. The molecule has 0 aliphatic heterocycles. The van der Waals surface area contributed by atoms with Gasteiger partial charge in [-0.05, 0) is 20.3 Å². The highest BCUT2D eigenvalue weighted by Crippen LogP contribution is 2.17. The van der Waals surface area contributed by atoms with Crippen LogP contribution in [0.25, 0.3) is 0 Å². The molecule has 1 N–H and O–H groups in total. The fourth-order valence-corrected chi connectivity index (χ4v) is 1.76. The van der Waals surface area contributed by atoms with Gasteiger partial charge in [-0.1, -0.05) is 24.9 Å². The van der Waals surface area contributed by atoms with E-state index in [1.54, 1.807) is 6.20 Å². The average Bonchev–Trinajstić information content (AvgIpc) is 2.25. The zero-order valence-electron chi connectivity index (χ0n) is 9.96. The van der Waals surface area contributed by atoms with Gasteiger partial charge in [0, 0.05) is 12.6 Å². The minimum atomic E-state index is -0.238. The summed E-state index contributed by atoms with van der Waals surface area (Å²) in [5.74, 6) is 0. The summed E-state index contributed by atoms with van der Waals surface area (Å²) in [4.78, 5) is 11.7. The van der Waals surface area contributed by atoms with Crippen molar-refractivity contribution in [3.63, 3.8) is 0 Å². The number of halogens is 1. The molecule has 1 aromatic heterocycles. The molecule has 1 rings (SSSR count). The monoisotopic (exact) mass is 243 g/mol. The molecule has 90 valence electrons. The van der Waals surface area contributed by atoms with Crippen LogP contribution in [0.1, 0.15) is 33.6 Å². The predicted molar refractivity (Wildman–Crippen MR) is 67.2 cm³/mol. The Bertz CT molecular complexity index is 403. The number of nitrogens with zero attached hydrogens (tertiary/aromatic N) is 2. The van der Waals surface area contributed by atoms with Gasteiger partial charge in [-0.15, -0.1) is 0 Å². The van der Waals surface area contributed by atoms with Gasteiger partial charge < -0.3 is 5.32 Å². The Kier molecular flexibility index (Phi) is 4.80. The summed E-state index contributed by atoms with van der Waals surface area (Å²) in [7, 11) is 0. The molecule has 0 aromatic carbocycles. The quantitative estimate of drug-likeness (QED) is 0.865. The van der Waals surface area contributed by atoms with E-state index >= 15 is 0 Å². The first-order valence-electron chi connectivity index (χ1n) is 5.62. The molecule has 0 bridgehead atoms. The maximum Gasteiger partial charge on any atom is 0.287 e. The second-order valence-corrected chi connectivity index (χ2v) is 4.21. The van der Waals surface area contributed by atoms with Crippen LogP contribution in [0.5, 0.6) is 0 Å². The van der Waals surface area contributed by atoms with Crippen molar-refractivity contribution in [2.75, 3.05) is 5.32 Å². The van der Waals surface area contributed by atoms with Crippen LogP contribution in [-0.4, -0.2) is 15.8 Å². The van der Waals surface area contributed by atoms with Gasteiger partial charge >= 0.3 is 0 Å². The van der Waals surface area contributed by atoms with Crippen molar-refractivity contribution in [2.45, 2.75) is 46.2 Å². The van der Waals surface area contributed by atoms with Crippen molar-refractivity contribution in [2.24, 2.45) is 0 Å². The molecule has 0 aliphatic rings. The van der Waals surface area contributed by atoms with E-state index in [0.29, 0.717) is 18.3 Å². The Hall–Kier alpha value is -1.03. The lowest BCUT2D eigenvalue weighted by Crippen LogP contribution is -2.25. The Morgan fingerprint density at radius 2 is 2.25 bits per heavy atom. The molecule has 1 aromatic rings. The number of hydrogen-bond acceptors (Lipinski definition) is 3. The molecular weight excluding hydrogens is 226 g/mol. The number of anilines is 1. The van der Waals surface area contributed by atoms with Gasteiger partial charge in [0.1, 0.15) is 5.02 Å². The number of nitrogens with one attached hydrogen (secondary N) is 1. The second-order valence-electron chi connectivity index (χ2n) is 3.83. The van der Waals surface area contributed by atoms with Crippen LogP contribution < -0.4 is 10.9 Å². The van der Waals surface area contributed by atoms with Gasteiger partial charge in [0.2, 0.25) is 0 Å². The standard InChI is InChI=1S/C11H18ClN3O/c1-4-6-8(3)14-9-7-13-15(5-2)11(16)10(9)12/h7-8,14H,4-6H2,1-3H3. The van der Waals surface area contributed by atoms with E-state index in [0.717, 1.165) is 12.8 Å². The largest absolute Gasteiger partial charge is 0.380 e. The molecule has 1 unspecified atom stereocenters. The maximum absolute atomic E-state index is 11.7. The summed E-state index contributed by atoms with van der Waals surface area (Å²) in [5.41, 5.74) is 0.384. The van der Waals surface area contributed by atoms with E-state index in [-0.39, 0.29) is 10.6 Å². The Balaban J connectivity index is 2.90. The van der Waals surface area contributed by atoms with E-state index in [2.05, 4.69) is 24.3 Å². The maximum atomic E-state index is 11.7. The van der Waals surface area contributed by atoms with Crippen molar-refractivity contribution in [3.8, 4) is 0 Å². The van der Waals surface area contributed by atoms with Crippen molar-refractivity contribution < 1.29 is 0 Å². The van der Waals surface area contributed by atoms with Crippen molar-refractivity contribution in [3.05, 3.63) is 21.6 Å². The molecule has 4 nitrogen and oxygen atoms in total. The highest BCUT2D eigenvalue weighted by Gasteiger charge is 2.10. The van der Waals surface area contributed by atoms with Crippen molar-refractivity contribution >= 4 is 17.3 Å². The molecule has 0 saturated carbocycles. The van der Waals surface area contributed by atoms with Crippen LogP contribution in [0, 0.1) is 0 Å². The van der Waals surface area contributed by atoms with E-state index in [1.165, 1.54) is 4.68 Å². The third-order valence-corrected chi connectivity index (χ3v) is 2.77. The lowest BCUT2D eigenvalue weighted by atomic mass is 10.2. The van der Waals surface area contributed by atoms with Crippen LogP contribution >= 0.6 is 11.6 Å². The average molecular weight is 244 g/mol. The van der Waals surface area contributed by atoms with Gasteiger partial charge in [0.15, 0.2) is 0 Å². The van der Waals surface area contributed by atoms with Gasteiger partial charge in [0.05, 0.1) is 11.9 Å². The van der Waals surface area contributed by atoms with E-state index in [9.17, 15) is 4.79 Å². The van der Waals surface area contributed by atoms with Crippen LogP contribution in [0.2, 0.25) is 5.02 Å². The lowest BCUT2D eigenvalue weighted by Gasteiger charge is -2.15. The smallest absolute Gasteiger partial charge is 0.287 e. The summed E-state index contributed by atoms with van der Waals surface area (Å²) in [6.45, 7) is 6.57. The Morgan fingerprint density at radius 1 is 1.56 bits per heavy atom. The molecule has 16 heavy (non-hydrogen) atoms. The first-order chi connectivity index (χ1) is 7.60. The van der Waals surface area contributed by atoms with Crippen LogP contribution in [0.3, 0.4) is 0 Å². The van der Waals surface area contributed by atoms with E-state index < -0.39 is 0 Å². The molecular formula is C11H18ClN3O. The molecule has 1 atom stereocenters. The highest BCUT2D eigenvalue weighted by molar-refractivity contribution is 6.32. The highest BCUT2D eigenvalue weighted by atomic mass is 35.5. The molecule has 1 heterocycles. The SMILES string of the molecule is CCCC(C)Nc1cnn(CC)c(=O)c1Cl. The molecule has 0 amide bonds. The number of aryl methyl sites for hydroxylation is 1. The second kappa shape index (κ2) is 5.89. The van der Waals surface area contributed by atoms with Crippen LogP contribution in [-0.2, 0) is 6.54 Å². The molecule has 0 saturated heterocycles. The zero-order valence-corrected chi connectivity index (χ0v) is 10.7. The summed E-state index contributed by atoms with van der Waals surface area (Å²) < 4.78 is 1.35. The van der Waals surface area contributed by atoms with Crippen molar-refractivity contribution in [1.82, 2.24) is 9.78 Å². The van der Waals surface area contributed by atoms with Gasteiger partial charge in [-0.2, -0.15) is 5.10 Å². The first-order valence-corrected chi connectivity index (χ1v) is 6.00. The lowest BCUT2D eigenvalue weighted by molar-refractivity contribution is 0.614. The van der Waals surface area contributed by atoms with Gasteiger partial charge in [-0.3, -0.25) is 4.79 Å². The third kappa shape index (κ3) is 2.98. The van der Waals surface area contributed by atoms with Gasteiger partial charge in [-0.25, -0.2) is 4.68 Å². The van der Waals surface area contributed by atoms with Gasteiger partial charge in [0.25, 0.3) is 5.56 Å². The molecule has 0 spiro atoms. The Morgan fingerprint density at radius 3 is 2.81 bits per heavy atom. The minimum Gasteiger partial charge on any atom is -0.380 e. The predicted octanol–water partition coefficient (Wildman–Crippen LogP) is 2.52. The number of rotatable bonds is 5. The fraction of sp³-hybridized carbons (Fsp3) is 0.636. The summed E-state index contributed by atoms with van der Waals surface area (Å²) >= 11 is 5.99. The fourth-order valence-electron chi connectivity index (χ4n) is 1.56. The first kappa shape index (κ1) is 13.0. The van der Waals surface area contributed by atoms with Crippen LogP contribution in [0.15, 0.2) is 11.0 Å². The minimum absolute atomic E-state index is 0.222. The Labute approximate surface area is 101 Å². The third-order valence-electron chi connectivity index (χ3n) is 2.41. The van der Waals surface area contributed by atoms with E-state index in [1.807, 2.05) is 6.92 Å².